The van der Waals surface area contributed by atoms with Gasteiger partial charge < -0.3 is 73.6 Å². The van der Waals surface area contributed by atoms with Crippen LogP contribution in [0.3, 0.4) is 0 Å². The van der Waals surface area contributed by atoms with Crippen LogP contribution in [0, 0.1) is 0 Å². The molecule has 0 spiro atoms. The zero-order chi connectivity index (χ0) is 54.9. The molecule has 0 bridgehead atoms. The van der Waals surface area contributed by atoms with Gasteiger partial charge in [-0.15, -0.1) is 0 Å². The number of methoxy groups -OCH3 is 3. The first-order valence-electron chi connectivity index (χ1n) is 17.6. The van der Waals surface area contributed by atoms with Gasteiger partial charge in [0.05, 0.1) is 21.3 Å². The van der Waals surface area contributed by atoms with Gasteiger partial charge in [0.2, 0.25) is 0 Å². The van der Waals surface area contributed by atoms with Crippen LogP contribution >= 0.6 is 0 Å². The van der Waals surface area contributed by atoms with Crippen LogP contribution in [-0.4, -0.2) is 162 Å². The van der Waals surface area contributed by atoms with Gasteiger partial charge in [-0.2, -0.15) is 0 Å². The van der Waals surface area contributed by atoms with E-state index in [1.807, 2.05) is 0 Å². The number of ether oxygens (including phenoxy) is 3. The summed E-state index contributed by atoms with van der Waals surface area (Å²) in [6.07, 6.45) is -3.18. The molecule has 0 fully saturated rings. The fraction of sp³-hybridized carbons (Fsp3) is 0.538. The SMILES string of the molecule is CC(=O)CC(=O)[O-].CC(=O)CC(=O)[O-].CC(=O)CC(=O)[O-].CC(=O)CC(=O)[O-].CC(=O)CC(=O)[O-].CC(=O)CC(=O)[O-].COC(=O)CC(C)=O.COC(=O)CC(C)=O.COC(=O)CC(C)=O.[Al+3].[Al+3]. The summed E-state index contributed by atoms with van der Waals surface area (Å²) in [7, 11) is 3.77. The Morgan fingerprint density at radius 1 is 0.235 bits per heavy atom. The van der Waals surface area contributed by atoms with Gasteiger partial charge in [0.1, 0.15) is 71.3 Å². The Balaban J connectivity index is -0.0000000595. The van der Waals surface area contributed by atoms with Crippen LogP contribution in [0.5, 0.6) is 0 Å². The third-order valence-corrected chi connectivity index (χ3v) is 4.22. The zero-order valence-electron chi connectivity index (χ0n) is 39.5. The van der Waals surface area contributed by atoms with Crippen LogP contribution in [0.4, 0.5) is 0 Å². The molecule has 0 aliphatic heterocycles. The van der Waals surface area contributed by atoms with Crippen molar-refractivity contribution >= 4 is 140 Å². The van der Waals surface area contributed by atoms with Crippen molar-refractivity contribution in [2.24, 2.45) is 0 Å². The Hall–Kier alpha value is -6.68. The molecule has 0 aliphatic carbocycles. The number of ketones is 9. The van der Waals surface area contributed by atoms with E-state index in [4.69, 9.17) is 0 Å². The minimum atomic E-state index is -1.31. The first-order chi connectivity index (χ1) is 29.7. The molecule has 29 heteroatoms. The number of carbonyl (C=O) groups excluding carboxylic acids is 18. The van der Waals surface area contributed by atoms with E-state index in [1.54, 1.807) is 0 Å². The van der Waals surface area contributed by atoms with E-state index in [1.165, 1.54) is 83.6 Å². The number of rotatable bonds is 18. The van der Waals surface area contributed by atoms with Gasteiger partial charge in [0, 0.05) is 74.3 Å². The molecule has 0 aromatic rings. The summed E-state index contributed by atoms with van der Waals surface area (Å²) in [4.78, 5) is 177. The molecule has 0 radical (unpaired) electrons. The molecule has 0 saturated carbocycles. The van der Waals surface area contributed by atoms with Crippen molar-refractivity contribution in [2.45, 2.75) is 120 Å². The van der Waals surface area contributed by atoms with E-state index in [2.05, 4.69) is 14.2 Å². The molecule has 0 amide bonds. The van der Waals surface area contributed by atoms with Crippen molar-refractivity contribution in [3.05, 3.63) is 0 Å². The fourth-order valence-electron chi connectivity index (χ4n) is 2.05. The molecule has 68 heavy (non-hydrogen) atoms. The first-order valence-corrected chi connectivity index (χ1v) is 17.6. The molecule has 0 aromatic carbocycles. The van der Waals surface area contributed by atoms with Crippen LogP contribution < -0.4 is 30.6 Å². The van der Waals surface area contributed by atoms with E-state index in [-0.39, 0.29) is 106 Å². The molecule has 378 valence electrons. The number of carboxylic acid groups (broad SMARTS) is 6. The normalized spacial score (nSPS) is 7.94. The van der Waals surface area contributed by atoms with E-state index in [9.17, 15) is 117 Å². The van der Waals surface area contributed by atoms with Gasteiger partial charge in [-0.1, -0.05) is 0 Å². The summed E-state index contributed by atoms with van der Waals surface area (Å²) in [5.74, 6) is -12.1. The van der Waals surface area contributed by atoms with Gasteiger partial charge in [-0.05, 0) is 62.3 Å². The molecule has 27 nitrogen and oxygen atoms in total. The Morgan fingerprint density at radius 2 is 0.324 bits per heavy atom. The van der Waals surface area contributed by atoms with Crippen molar-refractivity contribution in [1.82, 2.24) is 0 Å². The molecular weight excluding hydrogens is 954 g/mol. The zero-order valence-corrected chi connectivity index (χ0v) is 41.9. The number of carboxylic acids is 6. The van der Waals surface area contributed by atoms with E-state index in [0.717, 1.165) is 0 Å². The Bertz CT molecular complexity index is 1320. The fourth-order valence-corrected chi connectivity index (χ4v) is 2.05. The second-order valence-electron chi connectivity index (χ2n) is 11.9. The van der Waals surface area contributed by atoms with E-state index < -0.39 is 92.2 Å². The van der Waals surface area contributed by atoms with Crippen molar-refractivity contribution < 1.29 is 131 Å². The average Bonchev–Trinajstić information content (AvgIpc) is 3.06. The second kappa shape index (κ2) is 60.3. The van der Waals surface area contributed by atoms with Crippen molar-refractivity contribution in [3.63, 3.8) is 0 Å². The largest absolute Gasteiger partial charge is 3.00 e. The minimum absolute atomic E-state index is 0. The predicted molar refractivity (Wildman–Crippen MR) is 215 cm³/mol. The summed E-state index contributed by atoms with van der Waals surface area (Å²) >= 11 is 0. The van der Waals surface area contributed by atoms with Crippen LogP contribution in [0.25, 0.3) is 0 Å². The number of Topliss-reactive ketones (excluding diaryl/α,β-unsaturated/α-hetero) is 9. The van der Waals surface area contributed by atoms with Gasteiger partial charge in [-0.25, -0.2) is 0 Å². The Kier molecular flexibility index (Phi) is 78.2. The maximum Gasteiger partial charge on any atom is 3.00 e. The number of hydrogen-bond acceptors (Lipinski definition) is 27. The number of esters is 3. The van der Waals surface area contributed by atoms with Gasteiger partial charge in [-0.3, -0.25) is 57.5 Å². The summed E-state index contributed by atoms with van der Waals surface area (Å²) in [6, 6.07) is 0. The van der Waals surface area contributed by atoms with E-state index in [0.29, 0.717) is 0 Å². The summed E-state index contributed by atoms with van der Waals surface area (Å²) < 4.78 is 12.6. The molecule has 0 unspecified atom stereocenters. The van der Waals surface area contributed by atoms with Crippen LogP contribution in [0.1, 0.15) is 120 Å². The molecule has 0 aromatic heterocycles. The molecule has 0 rings (SSSR count). The quantitative estimate of drug-likeness (QED) is 0.0532. The summed E-state index contributed by atoms with van der Waals surface area (Å²) in [5.41, 5.74) is 0. The summed E-state index contributed by atoms with van der Waals surface area (Å²) in [5, 5.41) is 56.9. The molecule has 0 saturated heterocycles. The minimum Gasteiger partial charge on any atom is -0.550 e. The smallest absolute Gasteiger partial charge is 0.550 e. The average molecular weight is 1010 g/mol. The third kappa shape index (κ3) is 162. The molecule has 0 aliphatic rings. The van der Waals surface area contributed by atoms with Crippen molar-refractivity contribution in [3.8, 4) is 0 Å². The Morgan fingerprint density at radius 3 is 0.338 bits per heavy atom. The summed E-state index contributed by atoms with van der Waals surface area (Å²) in [6.45, 7) is 11.3. The molecule has 0 N–H and O–H groups in total. The maximum absolute atomic E-state index is 10.2. The first kappa shape index (κ1) is 88.1. The molecule has 0 atom stereocenters. The van der Waals surface area contributed by atoms with Crippen LogP contribution in [0.2, 0.25) is 0 Å². The Labute approximate surface area is 411 Å². The number of hydrogen-bond donors (Lipinski definition) is 0. The molecule has 0 heterocycles. The number of carbonyl (C=O) groups is 18. The molecular formula is C39H54Al2O27. The number of aliphatic carboxylic acids is 6. The van der Waals surface area contributed by atoms with Crippen molar-refractivity contribution in [2.75, 3.05) is 21.3 Å². The van der Waals surface area contributed by atoms with Gasteiger partial charge in [0.15, 0.2) is 0 Å². The van der Waals surface area contributed by atoms with Gasteiger partial charge >= 0.3 is 52.6 Å². The monoisotopic (exact) mass is 1010 g/mol. The van der Waals surface area contributed by atoms with Crippen LogP contribution in [0.15, 0.2) is 0 Å². The standard InChI is InChI=1S/3C5H8O3.6C4H6O3.2Al/c3*1-4(6)3-5(7)8-2;6*1-3(5)2-4(6)7;;/h3*3H2,1-2H3;6*2H2,1H3,(H,6,7);;/q;;;;;;;;;2*+3/p-6. The van der Waals surface area contributed by atoms with Crippen molar-refractivity contribution in [1.29, 1.82) is 0 Å². The second-order valence-corrected chi connectivity index (χ2v) is 11.9. The topological polar surface area (TPSA) is 473 Å². The predicted octanol–water partition coefficient (Wildman–Crippen LogP) is -8.05. The van der Waals surface area contributed by atoms with Gasteiger partial charge in [0.25, 0.3) is 0 Å². The third-order valence-electron chi connectivity index (χ3n) is 4.22. The van der Waals surface area contributed by atoms with Crippen LogP contribution in [-0.2, 0) is 101 Å². The maximum atomic E-state index is 10.2. The van der Waals surface area contributed by atoms with E-state index >= 15 is 0 Å².